The Kier molecular flexibility index (Phi) is 4.24. The minimum atomic E-state index is -0.631. The van der Waals surface area contributed by atoms with Crippen LogP contribution in [-0.4, -0.2) is 19.6 Å². The molecule has 2 aliphatic carbocycles. The van der Waals surface area contributed by atoms with E-state index in [1.165, 1.54) is 44.9 Å². The number of hydrogen-bond donors (Lipinski definition) is 1. The highest BCUT2D eigenvalue weighted by Gasteiger charge is 2.38. The maximum absolute atomic E-state index is 13.8. The van der Waals surface area contributed by atoms with E-state index in [2.05, 4.69) is 10.1 Å². The molecule has 0 radical (unpaired) electrons. The van der Waals surface area contributed by atoms with Gasteiger partial charge in [-0.05, 0) is 61.3 Å². The lowest BCUT2D eigenvalue weighted by molar-refractivity contribution is 0.0595. The standard InChI is InChI=1S/C17H22FNO2/c1-21-17(20)15-5-3-12(8-16(15)18)9-19-10-14-7-11-2-4-13(14)6-11/h3,5,8,11,13-14,19H,2,4,6-7,9-10H2,1H3. The molecule has 0 amide bonds. The Morgan fingerprint density at radius 2 is 2.24 bits per heavy atom. The van der Waals surface area contributed by atoms with Crippen LogP contribution in [0.1, 0.15) is 41.6 Å². The van der Waals surface area contributed by atoms with Crippen LogP contribution in [0.4, 0.5) is 4.39 Å². The van der Waals surface area contributed by atoms with Gasteiger partial charge in [-0.15, -0.1) is 0 Å². The predicted octanol–water partition coefficient (Wildman–Crippen LogP) is 3.14. The van der Waals surface area contributed by atoms with E-state index in [-0.39, 0.29) is 5.56 Å². The van der Waals surface area contributed by atoms with E-state index in [0.29, 0.717) is 6.54 Å². The zero-order valence-corrected chi connectivity index (χ0v) is 12.4. The lowest BCUT2D eigenvalue weighted by Crippen LogP contribution is -2.26. The van der Waals surface area contributed by atoms with Crippen molar-refractivity contribution in [3.63, 3.8) is 0 Å². The molecule has 1 N–H and O–H groups in total. The molecule has 3 unspecified atom stereocenters. The lowest BCUT2D eigenvalue weighted by Gasteiger charge is -2.21. The summed E-state index contributed by atoms with van der Waals surface area (Å²) in [4.78, 5) is 11.3. The fraction of sp³-hybridized carbons (Fsp3) is 0.588. The van der Waals surface area contributed by atoms with Crippen LogP contribution in [0.2, 0.25) is 0 Å². The first-order valence-corrected chi connectivity index (χ1v) is 7.75. The number of nitrogens with one attached hydrogen (secondary N) is 1. The summed E-state index contributed by atoms with van der Waals surface area (Å²) in [6.07, 6.45) is 5.57. The fourth-order valence-electron chi connectivity index (χ4n) is 3.97. The molecule has 21 heavy (non-hydrogen) atoms. The van der Waals surface area contributed by atoms with Gasteiger partial charge in [-0.3, -0.25) is 0 Å². The van der Waals surface area contributed by atoms with Gasteiger partial charge in [0, 0.05) is 6.54 Å². The molecule has 0 heterocycles. The molecule has 1 aromatic carbocycles. The summed E-state index contributed by atoms with van der Waals surface area (Å²) in [7, 11) is 1.26. The zero-order chi connectivity index (χ0) is 14.8. The maximum atomic E-state index is 13.8. The number of halogens is 1. The van der Waals surface area contributed by atoms with Gasteiger partial charge < -0.3 is 10.1 Å². The summed E-state index contributed by atoms with van der Waals surface area (Å²) in [5, 5.41) is 3.44. The second kappa shape index (κ2) is 6.14. The summed E-state index contributed by atoms with van der Waals surface area (Å²) in [6, 6.07) is 4.69. The molecule has 1 aromatic rings. The largest absolute Gasteiger partial charge is 0.465 e. The highest BCUT2D eigenvalue weighted by Crippen LogP contribution is 2.47. The lowest BCUT2D eigenvalue weighted by atomic mass is 9.89. The van der Waals surface area contributed by atoms with Crippen LogP contribution in [0.15, 0.2) is 18.2 Å². The molecule has 2 saturated carbocycles. The Bertz CT molecular complexity index is 532. The third-order valence-corrected chi connectivity index (χ3v) is 5.06. The van der Waals surface area contributed by atoms with Crippen LogP contribution in [0.25, 0.3) is 0 Å². The topological polar surface area (TPSA) is 38.3 Å². The van der Waals surface area contributed by atoms with E-state index in [1.54, 1.807) is 6.07 Å². The van der Waals surface area contributed by atoms with Gasteiger partial charge >= 0.3 is 5.97 Å². The molecular weight excluding hydrogens is 269 g/mol. The number of hydrogen-bond acceptors (Lipinski definition) is 3. The first-order chi connectivity index (χ1) is 10.2. The SMILES string of the molecule is COC(=O)c1ccc(CNCC2CC3CCC2C3)cc1F. The molecule has 3 rings (SSSR count). The Morgan fingerprint density at radius 3 is 2.86 bits per heavy atom. The molecule has 0 spiro atoms. The Hall–Kier alpha value is -1.42. The number of esters is 1. The van der Waals surface area contributed by atoms with Gasteiger partial charge in [0.1, 0.15) is 5.82 Å². The van der Waals surface area contributed by atoms with Crippen molar-refractivity contribution in [2.75, 3.05) is 13.7 Å². The predicted molar refractivity (Wildman–Crippen MR) is 78.4 cm³/mol. The fourth-order valence-corrected chi connectivity index (χ4v) is 3.97. The average molecular weight is 291 g/mol. The molecule has 114 valence electrons. The van der Waals surface area contributed by atoms with Gasteiger partial charge in [-0.1, -0.05) is 12.5 Å². The summed E-state index contributed by atoms with van der Waals surface area (Å²) < 4.78 is 18.3. The number of rotatable bonds is 5. The van der Waals surface area contributed by atoms with Crippen molar-refractivity contribution >= 4 is 5.97 Å². The van der Waals surface area contributed by atoms with Crippen molar-refractivity contribution in [1.29, 1.82) is 0 Å². The summed E-state index contributed by atoms with van der Waals surface area (Å²) in [5.41, 5.74) is 0.859. The Labute approximate surface area is 124 Å². The number of ether oxygens (including phenoxy) is 1. The minimum absolute atomic E-state index is 0.00523. The van der Waals surface area contributed by atoms with Crippen LogP contribution in [0, 0.1) is 23.6 Å². The molecule has 2 bridgehead atoms. The van der Waals surface area contributed by atoms with Gasteiger partial charge in [0.05, 0.1) is 12.7 Å². The van der Waals surface area contributed by atoms with Crippen molar-refractivity contribution in [1.82, 2.24) is 5.32 Å². The van der Waals surface area contributed by atoms with Crippen LogP contribution in [0.3, 0.4) is 0 Å². The maximum Gasteiger partial charge on any atom is 0.340 e. The van der Waals surface area contributed by atoms with Gasteiger partial charge in [0.25, 0.3) is 0 Å². The summed E-state index contributed by atoms with van der Waals surface area (Å²) >= 11 is 0. The molecule has 0 saturated heterocycles. The second-order valence-electron chi connectivity index (χ2n) is 6.37. The molecule has 3 nitrogen and oxygen atoms in total. The van der Waals surface area contributed by atoms with E-state index in [0.717, 1.165) is 29.9 Å². The van der Waals surface area contributed by atoms with Gasteiger partial charge in [0.2, 0.25) is 0 Å². The molecule has 4 heteroatoms. The monoisotopic (exact) mass is 291 g/mol. The zero-order valence-electron chi connectivity index (χ0n) is 12.4. The number of fused-ring (bicyclic) bond motifs is 2. The second-order valence-corrected chi connectivity index (χ2v) is 6.37. The van der Waals surface area contributed by atoms with E-state index in [4.69, 9.17) is 0 Å². The van der Waals surface area contributed by atoms with Crippen molar-refractivity contribution in [3.8, 4) is 0 Å². The van der Waals surface area contributed by atoms with Crippen molar-refractivity contribution in [3.05, 3.63) is 35.1 Å². The third-order valence-electron chi connectivity index (χ3n) is 5.06. The van der Waals surface area contributed by atoms with Crippen molar-refractivity contribution < 1.29 is 13.9 Å². The van der Waals surface area contributed by atoms with Crippen LogP contribution >= 0.6 is 0 Å². The van der Waals surface area contributed by atoms with Gasteiger partial charge in [-0.25, -0.2) is 9.18 Å². The normalized spacial score (nSPS) is 27.0. The number of carbonyl (C=O) groups is 1. The number of benzene rings is 1. The highest BCUT2D eigenvalue weighted by atomic mass is 19.1. The average Bonchev–Trinajstić information content (AvgIpc) is 3.09. The van der Waals surface area contributed by atoms with Crippen LogP contribution in [0.5, 0.6) is 0 Å². The van der Waals surface area contributed by atoms with Crippen LogP contribution < -0.4 is 5.32 Å². The Balaban J connectivity index is 1.51. The first kappa shape index (κ1) is 14.5. The van der Waals surface area contributed by atoms with Crippen molar-refractivity contribution in [2.45, 2.75) is 32.2 Å². The summed E-state index contributed by atoms with van der Waals surface area (Å²) in [5.74, 6) is 1.51. The Morgan fingerprint density at radius 1 is 1.38 bits per heavy atom. The minimum Gasteiger partial charge on any atom is -0.465 e. The highest BCUT2D eigenvalue weighted by molar-refractivity contribution is 5.89. The first-order valence-electron chi connectivity index (χ1n) is 7.75. The number of carbonyl (C=O) groups excluding carboxylic acids is 1. The van der Waals surface area contributed by atoms with E-state index in [1.807, 2.05) is 0 Å². The molecule has 0 aromatic heterocycles. The van der Waals surface area contributed by atoms with Gasteiger partial charge in [0.15, 0.2) is 0 Å². The number of methoxy groups -OCH3 is 1. The molecule has 2 aliphatic rings. The van der Waals surface area contributed by atoms with E-state index in [9.17, 15) is 9.18 Å². The molecule has 0 aliphatic heterocycles. The quantitative estimate of drug-likeness (QED) is 0.847. The smallest absolute Gasteiger partial charge is 0.340 e. The molecule has 3 atom stereocenters. The van der Waals surface area contributed by atoms with Crippen molar-refractivity contribution in [2.24, 2.45) is 17.8 Å². The van der Waals surface area contributed by atoms with Gasteiger partial charge in [-0.2, -0.15) is 0 Å². The molecule has 2 fully saturated rings. The van der Waals surface area contributed by atoms with E-state index >= 15 is 0 Å². The van der Waals surface area contributed by atoms with Crippen LogP contribution in [-0.2, 0) is 11.3 Å². The van der Waals surface area contributed by atoms with E-state index < -0.39 is 11.8 Å². The third kappa shape index (κ3) is 3.10. The molecular formula is C17H22FNO2. The summed E-state index contributed by atoms with van der Waals surface area (Å²) in [6.45, 7) is 1.66.